The number of aliphatic hydroxyl groups excluding tert-OH is 1. The van der Waals surface area contributed by atoms with Gasteiger partial charge in [0.25, 0.3) is 0 Å². The Morgan fingerprint density at radius 3 is 2.47 bits per heavy atom. The first-order chi connectivity index (χ1) is 14.1. The molecule has 1 aliphatic rings. The number of nitrogens with one attached hydrogen (secondary N) is 2. The summed E-state index contributed by atoms with van der Waals surface area (Å²) in [6, 6.07) is 12.7. The van der Waals surface area contributed by atoms with Gasteiger partial charge in [-0.3, -0.25) is 0 Å². The van der Waals surface area contributed by atoms with Crippen LogP contribution in [0.4, 0.5) is 5.69 Å². The number of furan rings is 1. The van der Waals surface area contributed by atoms with Crippen molar-refractivity contribution in [3.63, 3.8) is 0 Å². The average molecular weight is 526 g/mol. The lowest BCUT2D eigenvalue weighted by Crippen LogP contribution is -2.38. The molecule has 1 aromatic carbocycles. The molecule has 2 heterocycles. The molecule has 0 saturated carbocycles. The number of hydrogen-bond donors (Lipinski definition) is 3. The second-order valence-electron chi connectivity index (χ2n) is 7.79. The van der Waals surface area contributed by atoms with Crippen LogP contribution in [0.3, 0.4) is 0 Å². The first-order valence-corrected chi connectivity index (χ1v) is 10.6. The fourth-order valence-electron chi connectivity index (χ4n) is 3.64. The molecule has 1 aromatic heterocycles. The maximum absolute atomic E-state index is 9.30. The van der Waals surface area contributed by atoms with Crippen LogP contribution in [0.2, 0.25) is 0 Å². The van der Waals surface area contributed by atoms with Crippen LogP contribution in [0, 0.1) is 12.8 Å². The van der Waals surface area contributed by atoms with Gasteiger partial charge >= 0.3 is 0 Å². The smallest absolute Gasteiger partial charge is 0.192 e. The highest BCUT2D eigenvalue weighted by molar-refractivity contribution is 14.0. The molecule has 1 saturated heterocycles. The summed E-state index contributed by atoms with van der Waals surface area (Å²) in [6.45, 7) is 9.85. The number of nitrogens with zero attached hydrogens (tertiary/aromatic N) is 2. The van der Waals surface area contributed by atoms with Gasteiger partial charge in [-0.05, 0) is 69.4 Å². The number of aliphatic hydroxyl groups is 1. The van der Waals surface area contributed by atoms with Gasteiger partial charge in [0.1, 0.15) is 11.5 Å². The average Bonchev–Trinajstić information content (AvgIpc) is 3.19. The molecule has 0 radical (unpaired) electrons. The van der Waals surface area contributed by atoms with Crippen LogP contribution in [-0.4, -0.2) is 37.3 Å². The quantitative estimate of drug-likeness (QED) is 0.286. The van der Waals surface area contributed by atoms with Gasteiger partial charge in [0, 0.05) is 31.9 Å². The molecule has 30 heavy (non-hydrogen) atoms. The van der Waals surface area contributed by atoms with E-state index in [2.05, 4.69) is 53.6 Å². The summed E-state index contributed by atoms with van der Waals surface area (Å²) in [5.74, 6) is 3.06. The highest BCUT2D eigenvalue weighted by Crippen LogP contribution is 2.23. The third-order valence-corrected chi connectivity index (χ3v) is 5.48. The first-order valence-electron chi connectivity index (χ1n) is 10.6. The van der Waals surface area contributed by atoms with Gasteiger partial charge in [-0.1, -0.05) is 12.1 Å². The Kier molecular flexibility index (Phi) is 9.97. The minimum Gasteiger partial charge on any atom is -0.464 e. The number of halogens is 1. The van der Waals surface area contributed by atoms with E-state index in [4.69, 9.17) is 9.41 Å². The Morgan fingerprint density at radius 1 is 1.20 bits per heavy atom. The summed E-state index contributed by atoms with van der Waals surface area (Å²) < 4.78 is 5.71. The second kappa shape index (κ2) is 12.2. The summed E-state index contributed by atoms with van der Waals surface area (Å²) >= 11 is 0. The van der Waals surface area contributed by atoms with Gasteiger partial charge in [0.2, 0.25) is 0 Å². The number of aliphatic imine (C=N–C) groups is 1. The molecule has 1 fully saturated rings. The highest BCUT2D eigenvalue weighted by Gasteiger charge is 2.18. The van der Waals surface area contributed by atoms with Crippen molar-refractivity contribution in [1.82, 2.24) is 10.6 Å². The second-order valence-corrected chi connectivity index (χ2v) is 7.79. The van der Waals surface area contributed by atoms with Crippen LogP contribution in [0.5, 0.6) is 0 Å². The van der Waals surface area contributed by atoms with E-state index in [9.17, 15) is 5.11 Å². The Labute approximate surface area is 197 Å². The van der Waals surface area contributed by atoms with Crippen LogP contribution < -0.4 is 15.5 Å². The topological polar surface area (TPSA) is 73.0 Å². The molecule has 0 bridgehead atoms. The molecule has 0 spiro atoms. The molecule has 0 amide bonds. The number of hydrogen-bond acceptors (Lipinski definition) is 4. The van der Waals surface area contributed by atoms with Gasteiger partial charge in [0.15, 0.2) is 5.96 Å². The predicted molar refractivity (Wildman–Crippen MR) is 134 cm³/mol. The third-order valence-electron chi connectivity index (χ3n) is 5.48. The van der Waals surface area contributed by atoms with Crippen LogP contribution in [-0.2, 0) is 6.54 Å². The van der Waals surface area contributed by atoms with Crippen molar-refractivity contribution in [1.29, 1.82) is 0 Å². The molecule has 7 heteroatoms. The lowest BCUT2D eigenvalue weighted by molar-refractivity contribution is 0.203. The summed E-state index contributed by atoms with van der Waals surface area (Å²) in [7, 11) is 0. The largest absolute Gasteiger partial charge is 0.464 e. The van der Waals surface area contributed by atoms with Crippen LogP contribution in [0.25, 0.3) is 0 Å². The maximum Gasteiger partial charge on any atom is 0.192 e. The standard InChI is InChI=1S/C23H34N4O2.HI/c1-4-24-23(26-18(3)22-10-5-17(2)29-22)25-15-19-6-8-21(9-7-19)27-13-11-20(16-28)12-14-27;/h5-10,18,20,28H,4,11-16H2,1-3H3,(H2,24,25,26);1H. The first kappa shape index (κ1) is 24.5. The van der Waals surface area contributed by atoms with Crippen molar-refractivity contribution < 1.29 is 9.52 Å². The van der Waals surface area contributed by atoms with Crippen molar-refractivity contribution in [2.45, 2.75) is 46.2 Å². The molecule has 2 aromatic rings. The lowest BCUT2D eigenvalue weighted by atomic mass is 9.97. The van der Waals surface area contributed by atoms with Gasteiger partial charge in [0.05, 0.1) is 12.6 Å². The minimum absolute atomic E-state index is 0. The van der Waals surface area contributed by atoms with Crippen LogP contribution in [0.15, 0.2) is 45.8 Å². The normalized spacial score (nSPS) is 16.1. The zero-order valence-electron chi connectivity index (χ0n) is 18.2. The van der Waals surface area contributed by atoms with E-state index in [-0.39, 0.29) is 30.0 Å². The molecule has 3 N–H and O–H groups in total. The SMILES string of the molecule is CCNC(=NCc1ccc(N2CCC(CO)CC2)cc1)NC(C)c1ccc(C)o1.I. The Hall–Kier alpha value is -1.74. The molecule has 1 atom stereocenters. The molecular weight excluding hydrogens is 491 g/mol. The van der Waals surface area contributed by atoms with E-state index in [1.165, 1.54) is 11.3 Å². The fourth-order valence-corrected chi connectivity index (χ4v) is 3.64. The zero-order valence-corrected chi connectivity index (χ0v) is 20.6. The van der Waals surface area contributed by atoms with E-state index in [0.29, 0.717) is 19.1 Å². The summed E-state index contributed by atoms with van der Waals surface area (Å²) in [5.41, 5.74) is 2.43. The number of anilines is 1. The van der Waals surface area contributed by atoms with Crippen LogP contribution in [0.1, 0.15) is 49.8 Å². The lowest BCUT2D eigenvalue weighted by Gasteiger charge is -2.32. The summed E-state index contributed by atoms with van der Waals surface area (Å²) in [6.07, 6.45) is 2.13. The van der Waals surface area contributed by atoms with E-state index in [0.717, 1.165) is 50.0 Å². The number of benzene rings is 1. The molecule has 1 unspecified atom stereocenters. The zero-order chi connectivity index (χ0) is 20.6. The van der Waals surface area contributed by atoms with Crippen molar-refractivity contribution in [2.24, 2.45) is 10.9 Å². The molecule has 166 valence electrons. The Balaban J connectivity index is 0.00000320. The fraction of sp³-hybridized carbons (Fsp3) is 0.522. The number of aryl methyl sites for hydroxylation is 1. The third kappa shape index (κ3) is 6.91. The van der Waals surface area contributed by atoms with Crippen LogP contribution >= 0.6 is 24.0 Å². The van der Waals surface area contributed by atoms with E-state index in [1.54, 1.807) is 0 Å². The molecule has 1 aliphatic heterocycles. The highest BCUT2D eigenvalue weighted by atomic mass is 127. The Morgan fingerprint density at radius 2 is 1.90 bits per heavy atom. The van der Waals surface area contributed by atoms with Gasteiger partial charge < -0.3 is 25.1 Å². The minimum atomic E-state index is 0. The predicted octanol–water partition coefficient (Wildman–Crippen LogP) is 4.23. The number of guanidine groups is 1. The van der Waals surface area contributed by atoms with Crippen molar-refractivity contribution in [2.75, 3.05) is 31.1 Å². The van der Waals surface area contributed by atoms with Crippen molar-refractivity contribution >= 4 is 35.6 Å². The van der Waals surface area contributed by atoms with Gasteiger partial charge in [-0.2, -0.15) is 0 Å². The van der Waals surface area contributed by atoms with Gasteiger partial charge in [-0.15, -0.1) is 24.0 Å². The van der Waals surface area contributed by atoms with E-state index in [1.807, 2.05) is 19.1 Å². The summed E-state index contributed by atoms with van der Waals surface area (Å²) in [4.78, 5) is 7.13. The monoisotopic (exact) mass is 526 g/mol. The van der Waals surface area contributed by atoms with E-state index >= 15 is 0 Å². The van der Waals surface area contributed by atoms with Gasteiger partial charge in [-0.25, -0.2) is 4.99 Å². The van der Waals surface area contributed by atoms with E-state index < -0.39 is 0 Å². The number of piperidine rings is 1. The molecule has 3 rings (SSSR count). The molecule has 0 aliphatic carbocycles. The maximum atomic E-state index is 9.30. The molecule has 6 nitrogen and oxygen atoms in total. The number of rotatable bonds is 7. The molecular formula is C23H35IN4O2. The van der Waals surface area contributed by atoms with Crippen molar-refractivity contribution in [3.8, 4) is 0 Å². The Bertz CT molecular complexity index is 783. The van der Waals surface area contributed by atoms with Crippen molar-refractivity contribution in [3.05, 3.63) is 53.5 Å². The summed E-state index contributed by atoms with van der Waals surface area (Å²) in [5, 5.41) is 16.0.